The van der Waals surface area contributed by atoms with Crippen LogP contribution in [0.2, 0.25) is 0 Å². The van der Waals surface area contributed by atoms with E-state index >= 15 is 0 Å². The predicted molar refractivity (Wildman–Crippen MR) is 68.5 cm³/mol. The molecule has 0 heterocycles. The monoisotopic (exact) mass is 234 g/mol. The summed E-state index contributed by atoms with van der Waals surface area (Å²) < 4.78 is 0. The van der Waals surface area contributed by atoms with Crippen LogP contribution in [-0.2, 0) is 4.79 Å². The molecule has 1 fully saturated rings. The molecule has 1 saturated carbocycles. The Bertz CT molecular complexity index is 376. The number of carbonyl (C=O) groups excluding carboxylic acids is 1. The van der Waals surface area contributed by atoms with Crippen molar-refractivity contribution in [3.8, 4) is 0 Å². The van der Waals surface area contributed by atoms with Gasteiger partial charge in [-0.3, -0.25) is 4.79 Å². The maximum Gasteiger partial charge on any atom is 0.145 e. The minimum Gasteiger partial charge on any atom is -0.389 e. The summed E-state index contributed by atoms with van der Waals surface area (Å²) in [6, 6.07) is 0. The van der Waals surface area contributed by atoms with Gasteiger partial charge in [0.15, 0.2) is 0 Å². The van der Waals surface area contributed by atoms with E-state index in [1.54, 1.807) is 0 Å². The summed E-state index contributed by atoms with van der Waals surface area (Å²) in [5.74, 6) is 0.970. The molecule has 0 radical (unpaired) electrons. The second-order valence-corrected chi connectivity index (χ2v) is 6.05. The van der Waals surface area contributed by atoms with E-state index in [2.05, 4.69) is 26.0 Å². The Kier molecular flexibility index (Phi) is 3.26. The van der Waals surface area contributed by atoms with Crippen LogP contribution in [0.4, 0.5) is 0 Å². The number of fused-ring (bicyclic) bond motifs is 1. The fraction of sp³-hybridized carbons (Fsp3) is 0.667. The zero-order valence-electron chi connectivity index (χ0n) is 10.9. The summed E-state index contributed by atoms with van der Waals surface area (Å²) >= 11 is 0. The first-order valence-electron chi connectivity index (χ1n) is 6.47. The van der Waals surface area contributed by atoms with Crippen LogP contribution < -0.4 is 0 Å². The van der Waals surface area contributed by atoms with Gasteiger partial charge >= 0.3 is 0 Å². The molecule has 0 saturated heterocycles. The van der Waals surface area contributed by atoms with Crippen LogP contribution in [0.25, 0.3) is 0 Å². The van der Waals surface area contributed by atoms with Crippen molar-refractivity contribution in [3.05, 3.63) is 23.3 Å². The fourth-order valence-electron chi connectivity index (χ4n) is 3.01. The Hall–Kier alpha value is -0.890. The van der Waals surface area contributed by atoms with Gasteiger partial charge in [0, 0.05) is 0 Å². The molecule has 1 N–H and O–H groups in total. The maximum absolute atomic E-state index is 11.0. The zero-order chi connectivity index (χ0) is 12.6. The van der Waals surface area contributed by atoms with Crippen molar-refractivity contribution in [2.75, 3.05) is 0 Å². The van der Waals surface area contributed by atoms with Crippen molar-refractivity contribution in [1.82, 2.24) is 0 Å². The van der Waals surface area contributed by atoms with E-state index in [1.165, 1.54) is 0 Å². The Morgan fingerprint density at radius 3 is 2.82 bits per heavy atom. The lowest BCUT2D eigenvalue weighted by Crippen LogP contribution is -2.11. The average molecular weight is 234 g/mol. The zero-order valence-corrected chi connectivity index (χ0v) is 10.9. The van der Waals surface area contributed by atoms with Crippen LogP contribution in [0.1, 0.15) is 40.0 Å². The molecule has 17 heavy (non-hydrogen) atoms. The molecule has 2 aliphatic rings. The Balaban J connectivity index is 2.23. The molecule has 0 aromatic carbocycles. The Morgan fingerprint density at radius 1 is 1.47 bits per heavy atom. The minimum atomic E-state index is -0.310. The van der Waals surface area contributed by atoms with Gasteiger partial charge in [-0.15, -0.1) is 0 Å². The molecule has 94 valence electrons. The molecule has 2 heteroatoms. The van der Waals surface area contributed by atoms with E-state index in [9.17, 15) is 9.90 Å². The van der Waals surface area contributed by atoms with Crippen LogP contribution in [0.3, 0.4) is 0 Å². The van der Waals surface area contributed by atoms with Gasteiger partial charge in [-0.25, -0.2) is 0 Å². The first-order valence-corrected chi connectivity index (χ1v) is 6.47. The summed E-state index contributed by atoms with van der Waals surface area (Å²) in [5.41, 5.74) is 2.21. The lowest BCUT2D eigenvalue weighted by atomic mass is 9.98. The number of hydrogen-bond donors (Lipinski definition) is 1. The number of allylic oxidation sites excluding steroid dienone is 3. The summed E-state index contributed by atoms with van der Waals surface area (Å²) in [6.07, 6.45) is 7.36. The van der Waals surface area contributed by atoms with Gasteiger partial charge in [0.2, 0.25) is 0 Å². The predicted octanol–water partition coefficient (Wildman–Crippen LogP) is 2.88. The third-order valence-electron chi connectivity index (χ3n) is 4.59. The molecule has 2 nitrogen and oxygen atoms in total. The highest BCUT2D eigenvalue weighted by molar-refractivity contribution is 5.73. The van der Waals surface area contributed by atoms with Crippen LogP contribution in [0.5, 0.6) is 0 Å². The first kappa shape index (κ1) is 12.6. The van der Waals surface area contributed by atoms with E-state index in [-0.39, 0.29) is 11.5 Å². The average Bonchev–Trinajstić information content (AvgIpc) is 2.78. The van der Waals surface area contributed by atoms with Gasteiger partial charge in [0.05, 0.1) is 6.10 Å². The van der Waals surface area contributed by atoms with E-state index in [0.29, 0.717) is 11.8 Å². The third kappa shape index (κ3) is 2.37. The largest absolute Gasteiger partial charge is 0.389 e. The number of hydrogen-bond acceptors (Lipinski definition) is 2. The summed E-state index contributed by atoms with van der Waals surface area (Å²) in [6.45, 7) is 6.44. The Morgan fingerprint density at radius 2 is 2.18 bits per heavy atom. The van der Waals surface area contributed by atoms with Crippen LogP contribution in [-0.4, -0.2) is 17.5 Å². The van der Waals surface area contributed by atoms with Crippen LogP contribution in [0.15, 0.2) is 23.3 Å². The van der Waals surface area contributed by atoms with Gasteiger partial charge in [0.25, 0.3) is 0 Å². The molecule has 2 rings (SSSR count). The number of aliphatic hydroxyl groups excluding tert-OH is 1. The van der Waals surface area contributed by atoms with Gasteiger partial charge in [0.1, 0.15) is 6.29 Å². The molecule has 0 aromatic heterocycles. The number of rotatable bonds is 1. The molecule has 3 atom stereocenters. The van der Waals surface area contributed by atoms with Gasteiger partial charge < -0.3 is 5.11 Å². The van der Waals surface area contributed by atoms with Gasteiger partial charge in [-0.05, 0) is 54.6 Å². The minimum absolute atomic E-state index is 0.236. The molecule has 2 aliphatic carbocycles. The van der Waals surface area contributed by atoms with Crippen molar-refractivity contribution in [2.24, 2.45) is 17.3 Å². The van der Waals surface area contributed by atoms with Crippen molar-refractivity contribution in [2.45, 2.75) is 46.1 Å². The van der Waals surface area contributed by atoms with Crippen molar-refractivity contribution in [1.29, 1.82) is 0 Å². The second kappa shape index (κ2) is 4.41. The van der Waals surface area contributed by atoms with Crippen LogP contribution in [0, 0.1) is 17.3 Å². The third-order valence-corrected chi connectivity index (χ3v) is 4.59. The van der Waals surface area contributed by atoms with Gasteiger partial charge in [-0.1, -0.05) is 26.0 Å². The summed E-state index contributed by atoms with van der Waals surface area (Å²) in [5, 5.41) is 10.1. The summed E-state index contributed by atoms with van der Waals surface area (Å²) in [4.78, 5) is 11.0. The first-order chi connectivity index (χ1) is 7.96. The molecule has 0 amide bonds. The smallest absolute Gasteiger partial charge is 0.145 e. The topological polar surface area (TPSA) is 37.3 Å². The number of aldehydes is 1. The van der Waals surface area contributed by atoms with E-state index < -0.39 is 0 Å². The SMILES string of the molecule is C/C1=C\CC/C(C=O)=C\[C@H]2[C@H](C[C@H]1O)C2(C)C. The molecule has 0 spiro atoms. The molecular weight excluding hydrogens is 212 g/mol. The summed E-state index contributed by atoms with van der Waals surface area (Å²) in [7, 11) is 0. The van der Waals surface area contributed by atoms with E-state index in [1.807, 2.05) is 6.92 Å². The van der Waals surface area contributed by atoms with E-state index in [4.69, 9.17) is 0 Å². The fourth-order valence-corrected chi connectivity index (χ4v) is 3.01. The van der Waals surface area contributed by atoms with E-state index in [0.717, 1.165) is 36.7 Å². The molecule has 0 aliphatic heterocycles. The van der Waals surface area contributed by atoms with Gasteiger partial charge in [-0.2, -0.15) is 0 Å². The lowest BCUT2D eigenvalue weighted by Gasteiger charge is -2.13. The quantitative estimate of drug-likeness (QED) is 0.559. The molecular formula is C15H22O2. The normalized spacial score (nSPS) is 42.5. The number of aliphatic hydroxyl groups is 1. The highest BCUT2D eigenvalue weighted by Gasteiger charge is 2.56. The highest BCUT2D eigenvalue weighted by Crippen LogP contribution is 2.61. The molecule has 0 unspecified atom stereocenters. The van der Waals surface area contributed by atoms with Crippen molar-refractivity contribution >= 4 is 6.29 Å². The Labute approximate surface area is 103 Å². The van der Waals surface area contributed by atoms with Crippen molar-refractivity contribution < 1.29 is 9.90 Å². The molecule has 0 bridgehead atoms. The maximum atomic E-state index is 11.0. The molecule has 0 aromatic rings. The number of carbonyl (C=O) groups is 1. The standard InChI is InChI=1S/C15H22O2/c1-10-5-4-6-11(9-16)7-12-13(8-14(10)17)15(12,2)3/h5,7,9,12-14,17H,4,6,8H2,1-3H3/b10-5+,11-7+/t12-,13-,14+/m0/s1. The van der Waals surface area contributed by atoms with Crippen molar-refractivity contribution in [3.63, 3.8) is 0 Å². The lowest BCUT2D eigenvalue weighted by molar-refractivity contribution is -0.105. The van der Waals surface area contributed by atoms with Crippen LogP contribution >= 0.6 is 0 Å². The second-order valence-electron chi connectivity index (χ2n) is 6.05. The highest BCUT2D eigenvalue weighted by atomic mass is 16.3.